The van der Waals surface area contributed by atoms with Crippen LogP contribution < -0.4 is 14.2 Å². The van der Waals surface area contributed by atoms with Gasteiger partial charge in [0.05, 0.1) is 18.6 Å². The minimum absolute atomic E-state index is 0.0634. The fourth-order valence-electron chi connectivity index (χ4n) is 3.62. The van der Waals surface area contributed by atoms with Crippen molar-refractivity contribution in [2.45, 2.75) is 11.5 Å². The third kappa shape index (κ3) is 4.98. The van der Waals surface area contributed by atoms with Gasteiger partial charge in [0.2, 0.25) is 15.9 Å². The fraction of sp³-hybridized carbons (Fsp3) is 0.409. The SMILES string of the molecule is COc1cccc(COCC(=O)N2CCN(S(=O)(=O)c3ccc4c(c3)OCCO4)CC2)c1. The number of amides is 1. The monoisotopic (exact) mass is 462 g/mol. The van der Waals surface area contributed by atoms with Gasteiger partial charge in [0, 0.05) is 32.2 Å². The number of methoxy groups -OCH3 is 1. The van der Waals surface area contributed by atoms with E-state index in [0.717, 1.165) is 11.3 Å². The van der Waals surface area contributed by atoms with E-state index in [4.69, 9.17) is 18.9 Å². The van der Waals surface area contributed by atoms with Gasteiger partial charge in [-0.05, 0) is 29.8 Å². The van der Waals surface area contributed by atoms with Crippen molar-refractivity contribution in [1.29, 1.82) is 0 Å². The molecule has 2 aliphatic rings. The smallest absolute Gasteiger partial charge is 0.248 e. The number of piperazine rings is 1. The van der Waals surface area contributed by atoms with Crippen LogP contribution in [0.15, 0.2) is 47.4 Å². The summed E-state index contributed by atoms with van der Waals surface area (Å²) in [6.07, 6.45) is 0. The maximum Gasteiger partial charge on any atom is 0.248 e. The maximum atomic E-state index is 13.0. The number of rotatable bonds is 7. The second-order valence-corrected chi connectivity index (χ2v) is 9.37. The molecule has 0 atom stereocenters. The summed E-state index contributed by atoms with van der Waals surface area (Å²) in [4.78, 5) is 14.3. The van der Waals surface area contributed by atoms with E-state index in [0.29, 0.717) is 44.4 Å². The first-order chi connectivity index (χ1) is 15.5. The second-order valence-electron chi connectivity index (χ2n) is 7.43. The molecular formula is C22H26N2O7S. The molecule has 172 valence electrons. The van der Waals surface area contributed by atoms with Crippen molar-refractivity contribution < 1.29 is 32.2 Å². The van der Waals surface area contributed by atoms with Crippen molar-refractivity contribution in [3.63, 3.8) is 0 Å². The Morgan fingerprint density at radius 2 is 1.75 bits per heavy atom. The molecule has 32 heavy (non-hydrogen) atoms. The summed E-state index contributed by atoms with van der Waals surface area (Å²) in [7, 11) is -2.09. The van der Waals surface area contributed by atoms with Crippen molar-refractivity contribution in [1.82, 2.24) is 9.21 Å². The number of hydrogen-bond acceptors (Lipinski definition) is 7. The zero-order valence-electron chi connectivity index (χ0n) is 17.9. The van der Waals surface area contributed by atoms with Crippen LogP contribution in [-0.2, 0) is 26.2 Å². The molecule has 2 aliphatic heterocycles. The summed E-state index contributed by atoms with van der Waals surface area (Å²) in [5, 5.41) is 0. The number of benzene rings is 2. The van der Waals surface area contributed by atoms with E-state index in [9.17, 15) is 13.2 Å². The summed E-state index contributed by atoms with van der Waals surface area (Å²) in [5.74, 6) is 1.54. The molecule has 9 nitrogen and oxygen atoms in total. The molecule has 10 heteroatoms. The van der Waals surface area contributed by atoms with E-state index in [1.165, 1.54) is 16.4 Å². The van der Waals surface area contributed by atoms with Gasteiger partial charge in [0.15, 0.2) is 11.5 Å². The number of carbonyl (C=O) groups excluding carboxylic acids is 1. The quantitative estimate of drug-likeness (QED) is 0.616. The van der Waals surface area contributed by atoms with Crippen LogP contribution in [0.3, 0.4) is 0 Å². The summed E-state index contributed by atoms with van der Waals surface area (Å²) in [6.45, 7) is 2.12. The zero-order chi connectivity index (χ0) is 22.6. The van der Waals surface area contributed by atoms with E-state index in [-0.39, 0.29) is 30.5 Å². The Kier molecular flexibility index (Phi) is 6.83. The average Bonchev–Trinajstić information content (AvgIpc) is 2.84. The van der Waals surface area contributed by atoms with Gasteiger partial charge in [0.1, 0.15) is 25.6 Å². The normalized spacial score (nSPS) is 16.6. The summed E-state index contributed by atoms with van der Waals surface area (Å²) in [6, 6.07) is 12.1. The van der Waals surface area contributed by atoms with Gasteiger partial charge >= 0.3 is 0 Å². The fourth-order valence-corrected chi connectivity index (χ4v) is 5.06. The van der Waals surface area contributed by atoms with Crippen molar-refractivity contribution in [3.8, 4) is 17.2 Å². The Morgan fingerprint density at radius 3 is 2.50 bits per heavy atom. The molecule has 0 spiro atoms. The molecule has 1 amide bonds. The van der Waals surface area contributed by atoms with Crippen LogP contribution in [0.25, 0.3) is 0 Å². The first-order valence-corrected chi connectivity index (χ1v) is 11.8. The number of hydrogen-bond donors (Lipinski definition) is 0. The van der Waals surface area contributed by atoms with E-state index in [1.807, 2.05) is 24.3 Å². The van der Waals surface area contributed by atoms with Crippen molar-refractivity contribution in [3.05, 3.63) is 48.0 Å². The largest absolute Gasteiger partial charge is 0.497 e. The first-order valence-electron chi connectivity index (χ1n) is 10.4. The lowest BCUT2D eigenvalue weighted by Gasteiger charge is -2.34. The topological polar surface area (TPSA) is 94.6 Å². The number of ether oxygens (including phenoxy) is 4. The van der Waals surface area contributed by atoms with Crippen LogP contribution in [0.4, 0.5) is 0 Å². The molecule has 0 bridgehead atoms. The number of sulfonamides is 1. The predicted octanol–water partition coefficient (Wildman–Crippen LogP) is 1.52. The summed E-state index contributed by atoms with van der Waals surface area (Å²) >= 11 is 0. The molecule has 2 aromatic carbocycles. The molecule has 0 N–H and O–H groups in total. The molecule has 0 aliphatic carbocycles. The molecule has 1 saturated heterocycles. The van der Waals surface area contributed by atoms with Gasteiger partial charge in [-0.15, -0.1) is 0 Å². The molecule has 2 heterocycles. The third-order valence-corrected chi connectivity index (χ3v) is 7.27. The van der Waals surface area contributed by atoms with Crippen LogP contribution in [0.5, 0.6) is 17.2 Å². The molecule has 0 aromatic heterocycles. The Balaban J connectivity index is 1.29. The van der Waals surface area contributed by atoms with Gasteiger partial charge < -0.3 is 23.8 Å². The molecule has 2 aromatic rings. The lowest BCUT2D eigenvalue weighted by atomic mass is 10.2. The number of nitrogens with zero attached hydrogens (tertiary/aromatic N) is 2. The Bertz CT molecular complexity index is 1070. The average molecular weight is 463 g/mol. The first kappa shape index (κ1) is 22.4. The van der Waals surface area contributed by atoms with E-state index in [2.05, 4.69) is 0 Å². The molecule has 0 saturated carbocycles. The molecule has 0 radical (unpaired) electrons. The Labute approximate surface area is 187 Å². The molecule has 1 fully saturated rings. The predicted molar refractivity (Wildman–Crippen MR) is 115 cm³/mol. The second kappa shape index (κ2) is 9.76. The van der Waals surface area contributed by atoms with Gasteiger partial charge in [-0.3, -0.25) is 4.79 Å². The van der Waals surface area contributed by atoms with Crippen LogP contribution in [0.2, 0.25) is 0 Å². The highest BCUT2D eigenvalue weighted by Gasteiger charge is 2.31. The highest BCUT2D eigenvalue weighted by atomic mass is 32.2. The van der Waals surface area contributed by atoms with Crippen LogP contribution >= 0.6 is 0 Å². The van der Waals surface area contributed by atoms with Crippen molar-refractivity contribution in [2.75, 3.05) is 53.1 Å². The van der Waals surface area contributed by atoms with Gasteiger partial charge in [0.25, 0.3) is 0 Å². The van der Waals surface area contributed by atoms with Gasteiger partial charge in [-0.2, -0.15) is 4.31 Å². The highest BCUT2D eigenvalue weighted by Crippen LogP contribution is 2.33. The Morgan fingerprint density at radius 1 is 1.00 bits per heavy atom. The summed E-state index contributed by atoms with van der Waals surface area (Å²) in [5.41, 5.74) is 0.910. The minimum Gasteiger partial charge on any atom is -0.497 e. The van der Waals surface area contributed by atoms with Crippen molar-refractivity contribution >= 4 is 15.9 Å². The van der Waals surface area contributed by atoms with E-state index in [1.54, 1.807) is 18.1 Å². The van der Waals surface area contributed by atoms with Gasteiger partial charge in [-0.1, -0.05) is 12.1 Å². The zero-order valence-corrected chi connectivity index (χ0v) is 18.7. The number of carbonyl (C=O) groups is 1. The van der Waals surface area contributed by atoms with Gasteiger partial charge in [-0.25, -0.2) is 8.42 Å². The standard InChI is InChI=1S/C22H26N2O7S/c1-28-18-4-2-3-17(13-18)15-29-16-22(25)23-7-9-24(10-8-23)32(26,27)19-5-6-20-21(14-19)31-12-11-30-20/h2-6,13-14H,7-12,15-16H2,1H3. The van der Waals surface area contributed by atoms with Crippen LogP contribution in [0.1, 0.15) is 5.56 Å². The van der Waals surface area contributed by atoms with Crippen LogP contribution in [-0.4, -0.2) is 76.6 Å². The molecule has 4 rings (SSSR count). The summed E-state index contributed by atoms with van der Waals surface area (Å²) < 4.78 is 49.1. The third-order valence-electron chi connectivity index (χ3n) is 5.37. The maximum absolute atomic E-state index is 13.0. The lowest BCUT2D eigenvalue weighted by Crippen LogP contribution is -2.51. The van der Waals surface area contributed by atoms with Crippen molar-refractivity contribution in [2.24, 2.45) is 0 Å². The lowest BCUT2D eigenvalue weighted by molar-refractivity contribution is -0.137. The highest BCUT2D eigenvalue weighted by molar-refractivity contribution is 7.89. The van der Waals surface area contributed by atoms with Crippen LogP contribution in [0, 0.1) is 0 Å². The van der Waals surface area contributed by atoms with E-state index >= 15 is 0 Å². The molecule has 0 unspecified atom stereocenters. The molecular weight excluding hydrogens is 436 g/mol. The number of fused-ring (bicyclic) bond motifs is 1. The minimum atomic E-state index is -3.69. The Hall–Kier alpha value is -2.82. The van der Waals surface area contributed by atoms with E-state index < -0.39 is 10.0 Å².